The van der Waals surface area contributed by atoms with Gasteiger partial charge in [0.25, 0.3) is 0 Å². The van der Waals surface area contributed by atoms with Gasteiger partial charge in [-0.15, -0.1) is 0 Å². The minimum absolute atomic E-state index is 0.207. The second kappa shape index (κ2) is 9.14. The molecule has 148 valence electrons. The molecule has 0 heterocycles. The van der Waals surface area contributed by atoms with Crippen molar-refractivity contribution in [3.05, 3.63) is 108 Å². The molecular weight excluding hydrogens is 436 g/mol. The van der Waals surface area contributed by atoms with Crippen LogP contribution in [0.15, 0.2) is 97.1 Å². The molecule has 0 N–H and O–H groups in total. The molecule has 0 saturated carbocycles. The zero-order chi connectivity index (χ0) is 20.1. The zero-order valence-corrected chi connectivity index (χ0v) is 19.6. The monoisotopic (exact) mass is 462 g/mol. The summed E-state index contributed by atoms with van der Waals surface area (Å²) < 4.78 is 14.2. The van der Waals surface area contributed by atoms with Crippen LogP contribution in [0.5, 0.6) is 11.5 Å². The summed E-state index contributed by atoms with van der Waals surface area (Å²) in [4.78, 5) is 0. The number of hydrogen-bond acceptors (Lipinski definition) is 2. The first-order chi connectivity index (χ1) is 14.2. The van der Waals surface area contributed by atoms with Gasteiger partial charge in [-0.2, -0.15) is 0 Å². The molecule has 0 unspecified atom stereocenters. The van der Waals surface area contributed by atoms with Gasteiger partial charge in [0.05, 0.1) is 0 Å². The third kappa shape index (κ3) is 4.41. The van der Waals surface area contributed by atoms with Crippen molar-refractivity contribution in [2.24, 2.45) is 0 Å². The minimum atomic E-state index is -3.80. The van der Waals surface area contributed by atoms with Crippen LogP contribution in [0.2, 0.25) is 7.25 Å². The van der Waals surface area contributed by atoms with Gasteiger partial charge >= 0.3 is 180 Å². The second-order valence-corrected chi connectivity index (χ2v) is 15.3. The van der Waals surface area contributed by atoms with Gasteiger partial charge in [-0.3, -0.25) is 0 Å². The number of benzene rings is 2. The first kappa shape index (κ1) is 20.2. The fourth-order valence-electron chi connectivity index (χ4n) is 3.87. The topological polar surface area (TPSA) is 18.5 Å². The van der Waals surface area contributed by atoms with Crippen LogP contribution in [0, 0.1) is 0 Å². The van der Waals surface area contributed by atoms with Crippen LogP contribution in [0.3, 0.4) is 0 Å². The second-order valence-electron chi connectivity index (χ2n) is 7.51. The molecule has 2 nitrogen and oxygen atoms in total. The van der Waals surface area contributed by atoms with Crippen molar-refractivity contribution in [3.8, 4) is 11.5 Å². The SMILES string of the molecule is CCc1ccc([O][Zr]([O]c2ccc(CC)cc2)([CH]2C=CC=C2)[CH]2C=CC=C2)cc1. The van der Waals surface area contributed by atoms with Gasteiger partial charge < -0.3 is 0 Å². The molecule has 0 atom stereocenters. The van der Waals surface area contributed by atoms with Gasteiger partial charge in [0.15, 0.2) is 0 Å². The maximum atomic E-state index is 6.91. The number of hydrogen-bond donors (Lipinski definition) is 0. The molecule has 0 radical (unpaired) electrons. The Morgan fingerprint density at radius 3 is 1.24 bits per heavy atom. The predicted molar refractivity (Wildman–Crippen MR) is 117 cm³/mol. The third-order valence-corrected chi connectivity index (χ3v) is 14.8. The van der Waals surface area contributed by atoms with E-state index in [1.165, 1.54) is 11.1 Å². The molecule has 0 bridgehead atoms. The van der Waals surface area contributed by atoms with Crippen LogP contribution < -0.4 is 5.63 Å². The molecule has 2 aliphatic carbocycles. The van der Waals surface area contributed by atoms with E-state index in [1.54, 1.807) is 0 Å². The Labute approximate surface area is 179 Å². The van der Waals surface area contributed by atoms with E-state index in [1.807, 2.05) is 0 Å². The van der Waals surface area contributed by atoms with Crippen molar-refractivity contribution in [1.29, 1.82) is 0 Å². The van der Waals surface area contributed by atoms with Crippen LogP contribution in [-0.4, -0.2) is 0 Å². The zero-order valence-electron chi connectivity index (χ0n) is 17.1. The summed E-state index contributed by atoms with van der Waals surface area (Å²) in [7, 11) is 0. The van der Waals surface area contributed by atoms with Gasteiger partial charge in [-0.05, 0) is 0 Å². The fourth-order valence-corrected chi connectivity index (χ4v) is 12.6. The quantitative estimate of drug-likeness (QED) is 0.416. The Balaban J connectivity index is 1.74. The van der Waals surface area contributed by atoms with Crippen molar-refractivity contribution in [3.63, 3.8) is 0 Å². The molecule has 3 heteroatoms. The third-order valence-electron chi connectivity index (χ3n) is 5.64. The average molecular weight is 464 g/mol. The number of rotatable bonds is 8. The van der Waals surface area contributed by atoms with Gasteiger partial charge in [-0.25, -0.2) is 0 Å². The molecular formula is C26H28O2Zr. The Hall–Kier alpha value is -2.12. The maximum absolute atomic E-state index is 6.91. The van der Waals surface area contributed by atoms with Crippen molar-refractivity contribution in [2.45, 2.75) is 33.9 Å². The van der Waals surface area contributed by atoms with E-state index in [-0.39, 0.29) is 7.25 Å². The molecule has 0 aliphatic heterocycles. The van der Waals surface area contributed by atoms with Crippen LogP contribution in [0.25, 0.3) is 0 Å². The van der Waals surface area contributed by atoms with E-state index < -0.39 is 21.1 Å². The first-order valence-corrected chi connectivity index (χ1v) is 15.3. The number of allylic oxidation sites excluding steroid dienone is 8. The number of aryl methyl sites for hydroxylation is 2. The van der Waals surface area contributed by atoms with Crippen LogP contribution >= 0.6 is 0 Å². The van der Waals surface area contributed by atoms with E-state index in [9.17, 15) is 0 Å². The van der Waals surface area contributed by atoms with E-state index in [4.69, 9.17) is 5.63 Å². The molecule has 29 heavy (non-hydrogen) atoms. The molecule has 4 rings (SSSR count). The van der Waals surface area contributed by atoms with E-state index >= 15 is 0 Å². The molecule has 0 aromatic heterocycles. The van der Waals surface area contributed by atoms with Crippen molar-refractivity contribution >= 4 is 0 Å². The van der Waals surface area contributed by atoms with Gasteiger partial charge in [-0.1, -0.05) is 0 Å². The van der Waals surface area contributed by atoms with Crippen molar-refractivity contribution < 1.29 is 26.8 Å². The Bertz CT molecular complexity index is 832. The van der Waals surface area contributed by atoms with Crippen molar-refractivity contribution in [2.75, 3.05) is 0 Å². The van der Waals surface area contributed by atoms with Gasteiger partial charge in [0.1, 0.15) is 0 Å². The Morgan fingerprint density at radius 1 is 0.586 bits per heavy atom. The van der Waals surface area contributed by atoms with E-state index in [0.717, 1.165) is 24.3 Å². The fraction of sp³-hybridized carbons (Fsp3) is 0.231. The van der Waals surface area contributed by atoms with Crippen LogP contribution in [0.4, 0.5) is 0 Å². The van der Waals surface area contributed by atoms with Gasteiger partial charge in [0, 0.05) is 0 Å². The van der Waals surface area contributed by atoms with E-state index in [0.29, 0.717) is 0 Å². The van der Waals surface area contributed by atoms with Crippen molar-refractivity contribution in [1.82, 2.24) is 0 Å². The average Bonchev–Trinajstić information content (AvgIpc) is 3.49. The standard InChI is InChI=1S/2C8H10O.2C5H5.Zr/c2*1-2-7-3-5-8(9)6-4-7;2*1-2-4-5-3-1;/h2*3-6,9H,2H2,1H3;2*1-5H;/q;;;;+2/p-2. The summed E-state index contributed by atoms with van der Waals surface area (Å²) in [6.45, 7) is 4.34. The molecule has 0 fully saturated rings. The Kier molecular flexibility index (Phi) is 6.35. The van der Waals surface area contributed by atoms with Crippen LogP contribution in [0.1, 0.15) is 25.0 Å². The molecule has 0 spiro atoms. The van der Waals surface area contributed by atoms with E-state index in [2.05, 4.69) is 111 Å². The summed E-state index contributed by atoms with van der Waals surface area (Å²) in [5, 5.41) is 0. The van der Waals surface area contributed by atoms with Gasteiger partial charge in [0.2, 0.25) is 0 Å². The molecule has 0 saturated heterocycles. The first-order valence-electron chi connectivity index (χ1n) is 10.5. The normalized spacial score (nSPS) is 16.1. The molecule has 0 amide bonds. The summed E-state index contributed by atoms with van der Waals surface area (Å²) in [5.41, 5.74) is 2.63. The molecule has 2 aromatic rings. The summed E-state index contributed by atoms with van der Waals surface area (Å²) in [6, 6.07) is 17.0. The Morgan fingerprint density at radius 2 is 0.931 bits per heavy atom. The molecule has 2 aliphatic rings. The predicted octanol–water partition coefficient (Wildman–Crippen LogP) is 7.08. The van der Waals surface area contributed by atoms with Crippen LogP contribution in [-0.2, 0) is 34.0 Å². The molecule has 2 aromatic carbocycles. The summed E-state index contributed by atoms with van der Waals surface area (Å²) in [5.74, 6) is 1.82. The summed E-state index contributed by atoms with van der Waals surface area (Å²) >= 11 is -3.80. The summed E-state index contributed by atoms with van der Waals surface area (Å²) in [6.07, 6.45) is 19.5.